The number of carbonyl (C=O) groups is 1. The van der Waals surface area contributed by atoms with E-state index < -0.39 is 6.03 Å². The predicted octanol–water partition coefficient (Wildman–Crippen LogP) is 0.600. The summed E-state index contributed by atoms with van der Waals surface area (Å²) in [5.74, 6) is 0.923. The Morgan fingerprint density at radius 1 is 1.61 bits per heavy atom. The Morgan fingerprint density at radius 3 is 3.00 bits per heavy atom. The average Bonchev–Trinajstić information content (AvgIpc) is 2.36. The Balaban J connectivity index is 2.81. The van der Waals surface area contributed by atoms with Crippen molar-refractivity contribution in [3.8, 4) is 17.6 Å². The second-order valence-electron chi connectivity index (χ2n) is 3.09. The number of carbonyl (C=O) groups excluding carboxylic acids is 1. The van der Waals surface area contributed by atoms with Crippen molar-refractivity contribution in [2.45, 2.75) is 0 Å². The number of primary amides is 1. The molecular weight excluding hydrogens is 236 g/mol. The first-order chi connectivity index (χ1) is 8.67. The zero-order chi connectivity index (χ0) is 13.4. The number of rotatable bonds is 5. The summed E-state index contributed by atoms with van der Waals surface area (Å²) in [6, 6.07) is 6.11. The van der Waals surface area contributed by atoms with Gasteiger partial charge in [-0.05, 0) is 23.8 Å². The molecule has 0 heterocycles. The van der Waals surface area contributed by atoms with E-state index in [4.69, 9.17) is 20.5 Å². The van der Waals surface area contributed by atoms with E-state index in [1.54, 1.807) is 18.2 Å². The normalized spacial score (nSPS) is 9.78. The van der Waals surface area contributed by atoms with Gasteiger partial charge in [-0.25, -0.2) is 10.2 Å². The van der Waals surface area contributed by atoms with Crippen LogP contribution in [0.25, 0.3) is 0 Å². The maximum absolute atomic E-state index is 10.4. The summed E-state index contributed by atoms with van der Waals surface area (Å²) < 4.78 is 10.3. The van der Waals surface area contributed by atoms with Crippen molar-refractivity contribution in [2.75, 3.05) is 13.7 Å². The van der Waals surface area contributed by atoms with Crippen LogP contribution in [0, 0.1) is 11.3 Å². The van der Waals surface area contributed by atoms with Gasteiger partial charge in [0.15, 0.2) is 18.1 Å². The van der Waals surface area contributed by atoms with E-state index in [0.717, 1.165) is 0 Å². The molecule has 0 aliphatic heterocycles. The van der Waals surface area contributed by atoms with Gasteiger partial charge in [0.1, 0.15) is 6.07 Å². The molecule has 7 nitrogen and oxygen atoms in total. The lowest BCUT2D eigenvalue weighted by Crippen LogP contribution is -2.24. The third-order valence-electron chi connectivity index (χ3n) is 1.87. The maximum atomic E-state index is 10.4. The van der Waals surface area contributed by atoms with Gasteiger partial charge in [0.05, 0.1) is 13.3 Å². The minimum absolute atomic E-state index is 0.0625. The minimum Gasteiger partial charge on any atom is -0.493 e. The number of nitrogens with two attached hydrogens (primary N) is 1. The zero-order valence-corrected chi connectivity index (χ0v) is 9.71. The molecule has 1 aromatic rings. The van der Waals surface area contributed by atoms with E-state index >= 15 is 0 Å². The maximum Gasteiger partial charge on any atom is 0.332 e. The Labute approximate surface area is 104 Å². The van der Waals surface area contributed by atoms with Crippen molar-refractivity contribution in [3.63, 3.8) is 0 Å². The van der Waals surface area contributed by atoms with Gasteiger partial charge in [0, 0.05) is 0 Å². The van der Waals surface area contributed by atoms with Gasteiger partial charge in [-0.15, -0.1) is 0 Å². The fourth-order valence-corrected chi connectivity index (χ4v) is 1.16. The van der Waals surface area contributed by atoms with E-state index in [9.17, 15) is 4.79 Å². The highest BCUT2D eigenvalue weighted by Gasteiger charge is 2.04. The lowest BCUT2D eigenvalue weighted by Gasteiger charge is -2.08. The monoisotopic (exact) mass is 248 g/mol. The van der Waals surface area contributed by atoms with Crippen molar-refractivity contribution in [1.82, 2.24) is 5.43 Å². The molecule has 2 amide bonds. The van der Waals surface area contributed by atoms with Crippen LogP contribution >= 0.6 is 0 Å². The van der Waals surface area contributed by atoms with E-state index in [1.165, 1.54) is 13.3 Å². The van der Waals surface area contributed by atoms with E-state index in [1.807, 2.05) is 6.07 Å². The Bertz CT molecular complexity index is 494. The number of hydrazone groups is 1. The van der Waals surface area contributed by atoms with Gasteiger partial charge in [-0.1, -0.05) is 0 Å². The molecule has 0 fully saturated rings. The summed E-state index contributed by atoms with van der Waals surface area (Å²) in [6.45, 7) is -0.0625. The van der Waals surface area contributed by atoms with Crippen LogP contribution in [0.15, 0.2) is 23.3 Å². The van der Waals surface area contributed by atoms with Gasteiger partial charge in [-0.3, -0.25) is 0 Å². The molecule has 94 valence electrons. The summed E-state index contributed by atoms with van der Waals surface area (Å²) >= 11 is 0. The van der Waals surface area contributed by atoms with Crippen molar-refractivity contribution in [2.24, 2.45) is 10.8 Å². The largest absolute Gasteiger partial charge is 0.493 e. The smallest absolute Gasteiger partial charge is 0.332 e. The molecule has 0 atom stereocenters. The van der Waals surface area contributed by atoms with Crippen molar-refractivity contribution in [3.05, 3.63) is 23.8 Å². The predicted molar refractivity (Wildman–Crippen MR) is 64.4 cm³/mol. The average molecular weight is 248 g/mol. The standard InChI is InChI=1S/C11H12N4O3/c1-17-10-6-8(7-14-15-11(13)16)2-3-9(10)18-5-4-12/h2-3,6-7H,5H2,1H3,(H3,13,15,16)/b14-7+. The zero-order valence-electron chi connectivity index (χ0n) is 9.71. The molecule has 0 unspecified atom stereocenters. The first-order valence-electron chi connectivity index (χ1n) is 4.93. The number of nitrogens with zero attached hydrogens (tertiary/aromatic N) is 2. The number of nitrogens with one attached hydrogen (secondary N) is 1. The lowest BCUT2D eigenvalue weighted by atomic mass is 10.2. The fraction of sp³-hybridized carbons (Fsp3) is 0.182. The number of benzene rings is 1. The van der Waals surface area contributed by atoms with Crippen molar-refractivity contribution >= 4 is 12.2 Å². The van der Waals surface area contributed by atoms with Crippen LogP contribution in [0.3, 0.4) is 0 Å². The number of amides is 2. The second-order valence-corrected chi connectivity index (χ2v) is 3.09. The molecule has 7 heteroatoms. The molecule has 0 aliphatic carbocycles. The van der Waals surface area contributed by atoms with Gasteiger partial charge >= 0.3 is 6.03 Å². The number of urea groups is 1. The number of methoxy groups -OCH3 is 1. The third kappa shape index (κ3) is 4.02. The van der Waals surface area contributed by atoms with Gasteiger partial charge in [-0.2, -0.15) is 10.4 Å². The minimum atomic E-state index is -0.743. The number of ether oxygens (including phenoxy) is 2. The SMILES string of the molecule is COc1cc(/C=N/NC(N)=O)ccc1OCC#N. The number of nitriles is 1. The van der Waals surface area contributed by atoms with Crippen LogP contribution in [-0.2, 0) is 0 Å². The number of hydrogen-bond donors (Lipinski definition) is 2. The Hall–Kier alpha value is -2.75. The second kappa shape index (κ2) is 6.75. The highest BCUT2D eigenvalue weighted by Crippen LogP contribution is 2.27. The van der Waals surface area contributed by atoms with Crippen molar-refractivity contribution in [1.29, 1.82) is 5.26 Å². The Morgan fingerprint density at radius 2 is 2.39 bits per heavy atom. The van der Waals surface area contributed by atoms with Gasteiger partial charge in [0.2, 0.25) is 0 Å². The molecule has 0 radical (unpaired) electrons. The lowest BCUT2D eigenvalue weighted by molar-refractivity contribution is 0.249. The van der Waals surface area contributed by atoms with Crippen LogP contribution in [0.5, 0.6) is 11.5 Å². The van der Waals surface area contributed by atoms with Crippen LogP contribution in [-0.4, -0.2) is 26.0 Å². The van der Waals surface area contributed by atoms with E-state index in [0.29, 0.717) is 17.1 Å². The number of hydrogen-bond acceptors (Lipinski definition) is 5. The molecule has 0 saturated heterocycles. The molecule has 0 aliphatic rings. The first-order valence-corrected chi connectivity index (χ1v) is 4.93. The van der Waals surface area contributed by atoms with Gasteiger partial charge in [0.25, 0.3) is 0 Å². The van der Waals surface area contributed by atoms with E-state index in [-0.39, 0.29) is 6.61 Å². The van der Waals surface area contributed by atoms with Crippen LogP contribution in [0.2, 0.25) is 0 Å². The van der Waals surface area contributed by atoms with Crippen LogP contribution < -0.4 is 20.6 Å². The highest BCUT2D eigenvalue weighted by atomic mass is 16.5. The molecule has 0 aromatic heterocycles. The molecule has 0 saturated carbocycles. The topological polar surface area (TPSA) is 110 Å². The third-order valence-corrected chi connectivity index (χ3v) is 1.87. The van der Waals surface area contributed by atoms with Crippen molar-refractivity contribution < 1.29 is 14.3 Å². The molecule has 3 N–H and O–H groups in total. The summed E-state index contributed by atoms with van der Waals surface area (Å²) in [4.78, 5) is 10.4. The summed E-state index contributed by atoms with van der Waals surface area (Å²) in [6.07, 6.45) is 1.40. The van der Waals surface area contributed by atoms with E-state index in [2.05, 4.69) is 10.5 Å². The van der Waals surface area contributed by atoms with Crippen LogP contribution in [0.4, 0.5) is 4.79 Å². The molecule has 1 rings (SSSR count). The fourth-order valence-electron chi connectivity index (χ4n) is 1.16. The molecular formula is C11H12N4O3. The quantitative estimate of drug-likeness (QED) is 0.587. The molecule has 0 spiro atoms. The molecule has 1 aromatic carbocycles. The highest BCUT2D eigenvalue weighted by molar-refractivity contribution is 5.82. The molecule has 18 heavy (non-hydrogen) atoms. The molecule has 0 bridgehead atoms. The summed E-state index contributed by atoms with van der Waals surface area (Å²) in [5.41, 5.74) is 7.61. The summed E-state index contributed by atoms with van der Waals surface area (Å²) in [7, 11) is 1.48. The first kappa shape index (κ1) is 13.3. The van der Waals surface area contributed by atoms with Crippen LogP contribution in [0.1, 0.15) is 5.56 Å². The Kier molecular flexibility index (Phi) is 4.99. The van der Waals surface area contributed by atoms with Gasteiger partial charge < -0.3 is 15.2 Å². The summed E-state index contributed by atoms with van der Waals surface area (Å²) in [5, 5.41) is 12.0.